The van der Waals surface area contributed by atoms with Gasteiger partial charge in [-0.2, -0.15) is 0 Å². The van der Waals surface area contributed by atoms with Crippen LogP contribution in [0.1, 0.15) is 37.8 Å². The van der Waals surface area contributed by atoms with Gasteiger partial charge in [-0.05, 0) is 63.5 Å². The van der Waals surface area contributed by atoms with Crippen LogP contribution in [0.25, 0.3) is 0 Å². The van der Waals surface area contributed by atoms with Crippen molar-refractivity contribution in [1.82, 2.24) is 15.5 Å². The summed E-state index contributed by atoms with van der Waals surface area (Å²) in [6.07, 6.45) is 1.68. The molecule has 2 aromatic rings. The zero-order valence-electron chi connectivity index (χ0n) is 17.5. The van der Waals surface area contributed by atoms with Gasteiger partial charge in [0.1, 0.15) is 17.4 Å². The van der Waals surface area contributed by atoms with Crippen molar-refractivity contribution >= 4 is 6.03 Å². The highest BCUT2D eigenvalue weighted by Crippen LogP contribution is 2.19. The molecular formula is C23H29F2N3O2. The summed E-state index contributed by atoms with van der Waals surface area (Å²) in [5, 5.41) is 6.21. The summed E-state index contributed by atoms with van der Waals surface area (Å²) < 4.78 is 33.1. The number of benzene rings is 2. The Morgan fingerprint density at radius 1 is 1.17 bits per heavy atom. The van der Waals surface area contributed by atoms with Gasteiger partial charge in [0.2, 0.25) is 0 Å². The third-order valence-electron chi connectivity index (χ3n) is 5.10. The van der Waals surface area contributed by atoms with Gasteiger partial charge < -0.3 is 20.3 Å². The number of amides is 2. The van der Waals surface area contributed by atoms with Crippen molar-refractivity contribution in [3.8, 4) is 5.75 Å². The van der Waals surface area contributed by atoms with Gasteiger partial charge in [0, 0.05) is 24.2 Å². The van der Waals surface area contributed by atoms with Crippen LogP contribution >= 0.6 is 0 Å². The summed E-state index contributed by atoms with van der Waals surface area (Å²) in [5.74, 6) is -0.482. The lowest BCUT2D eigenvalue weighted by Gasteiger charge is -2.35. The summed E-state index contributed by atoms with van der Waals surface area (Å²) in [6.45, 7) is 5.99. The summed E-state index contributed by atoms with van der Waals surface area (Å²) in [5.41, 5.74) is 1.25. The van der Waals surface area contributed by atoms with Crippen molar-refractivity contribution in [2.75, 3.05) is 13.1 Å². The van der Waals surface area contributed by atoms with Crippen molar-refractivity contribution in [2.45, 2.75) is 51.9 Å². The van der Waals surface area contributed by atoms with E-state index >= 15 is 0 Å². The van der Waals surface area contributed by atoms with Crippen LogP contribution in [0.3, 0.4) is 0 Å². The Bertz CT molecular complexity index is 837. The first-order valence-corrected chi connectivity index (χ1v) is 10.4. The molecule has 1 aliphatic heterocycles. The molecule has 0 aromatic heterocycles. The van der Waals surface area contributed by atoms with Crippen LogP contribution in [0.15, 0.2) is 42.5 Å². The van der Waals surface area contributed by atoms with Crippen molar-refractivity contribution in [1.29, 1.82) is 0 Å². The number of ether oxygens (including phenoxy) is 1. The number of hydrogen-bond acceptors (Lipinski definition) is 3. The first-order valence-electron chi connectivity index (χ1n) is 10.4. The zero-order valence-corrected chi connectivity index (χ0v) is 17.5. The van der Waals surface area contributed by atoms with Gasteiger partial charge in [0.25, 0.3) is 0 Å². The molecule has 0 saturated carbocycles. The molecule has 5 nitrogen and oxygen atoms in total. The first kappa shape index (κ1) is 22.0. The average molecular weight is 418 g/mol. The first-order chi connectivity index (χ1) is 14.4. The number of nitrogens with zero attached hydrogens (tertiary/aromatic N) is 1. The molecule has 1 heterocycles. The number of piperidine rings is 1. The predicted octanol–water partition coefficient (Wildman–Crippen LogP) is 4.22. The fourth-order valence-electron chi connectivity index (χ4n) is 3.56. The predicted molar refractivity (Wildman–Crippen MR) is 112 cm³/mol. The number of rotatable bonds is 7. The van der Waals surface area contributed by atoms with E-state index in [-0.39, 0.29) is 24.7 Å². The van der Waals surface area contributed by atoms with Gasteiger partial charge in [0.05, 0.1) is 12.6 Å². The van der Waals surface area contributed by atoms with E-state index in [1.807, 2.05) is 38.1 Å². The van der Waals surface area contributed by atoms with E-state index in [0.717, 1.165) is 43.3 Å². The van der Waals surface area contributed by atoms with Gasteiger partial charge in [-0.25, -0.2) is 13.6 Å². The van der Waals surface area contributed by atoms with E-state index in [1.54, 1.807) is 4.90 Å². The molecule has 0 radical (unpaired) electrons. The van der Waals surface area contributed by atoms with Crippen molar-refractivity contribution < 1.29 is 18.3 Å². The number of carbonyl (C=O) groups excluding carboxylic acids is 1. The van der Waals surface area contributed by atoms with Crippen molar-refractivity contribution in [3.63, 3.8) is 0 Å². The molecule has 2 amide bonds. The molecule has 1 aliphatic rings. The second kappa shape index (κ2) is 10.4. The van der Waals surface area contributed by atoms with Gasteiger partial charge >= 0.3 is 6.03 Å². The number of hydrogen-bond donors (Lipinski definition) is 2. The topological polar surface area (TPSA) is 53.6 Å². The molecule has 2 N–H and O–H groups in total. The summed E-state index contributed by atoms with van der Waals surface area (Å²) >= 11 is 0. The van der Waals surface area contributed by atoms with Crippen LogP contribution in [0.4, 0.5) is 13.6 Å². The highest BCUT2D eigenvalue weighted by molar-refractivity contribution is 5.74. The second-order valence-corrected chi connectivity index (χ2v) is 7.81. The molecule has 0 unspecified atom stereocenters. The molecule has 7 heteroatoms. The van der Waals surface area contributed by atoms with E-state index in [4.69, 9.17) is 4.74 Å². The molecule has 1 fully saturated rings. The summed E-state index contributed by atoms with van der Waals surface area (Å²) in [6, 6.07) is 10.8. The van der Waals surface area contributed by atoms with Crippen LogP contribution in [-0.2, 0) is 13.1 Å². The number of urea groups is 1. The Balaban J connectivity index is 1.67. The molecule has 2 aromatic carbocycles. The largest absolute Gasteiger partial charge is 0.491 e. The highest BCUT2D eigenvalue weighted by atomic mass is 19.1. The van der Waals surface area contributed by atoms with E-state index in [1.165, 1.54) is 12.1 Å². The molecule has 0 aliphatic carbocycles. The SMILES string of the molecule is CC(C)Oc1ccc(CNC(=O)N(Cc2ccc(F)cc2F)C2CCNCC2)cc1. The number of carbonyl (C=O) groups is 1. The Morgan fingerprint density at radius 3 is 2.50 bits per heavy atom. The summed E-state index contributed by atoms with van der Waals surface area (Å²) in [7, 11) is 0. The lowest BCUT2D eigenvalue weighted by Crippen LogP contribution is -2.49. The number of nitrogens with one attached hydrogen (secondary N) is 2. The Hall–Kier alpha value is -2.67. The third kappa shape index (κ3) is 6.16. The van der Waals surface area contributed by atoms with Crippen molar-refractivity contribution in [3.05, 3.63) is 65.2 Å². The number of halogens is 2. The Kier molecular flexibility index (Phi) is 7.63. The van der Waals surface area contributed by atoms with Crippen LogP contribution in [-0.4, -0.2) is 36.2 Å². The average Bonchev–Trinajstić information content (AvgIpc) is 2.73. The van der Waals surface area contributed by atoms with Gasteiger partial charge in [0.15, 0.2) is 0 Å². The fraction of sp³-hybridized carbons (Fsp3) is 0.435. The molecule has 162 valence electrons. The highest BCUT2D eigenvalue weighted by Gasteiger charge is 2.26. The maximum Gasteiger partial charge on any atom is 0.318 e. The fourth-order valence-corrected chi connectivity index (χ4v) is 3.56. The van der Waals surface area contributed by atoms with Gasteiger partial charge in [-0.3, -0.25) is 0 Å². The van der Waals surface area contributed by atoms with Crippen LogP contribution in [0.2, 0.25) is 0 Å². The lowest BCUT2D eigenvalue weighted by molar-refractivity contribution is 0.153. The molecular weight excluding hydrogens is 388 g/mol. The minimum atomic E-state index is -0.637. The van der Waals surface area contributed by atoms with Gasteiger partial charge in [-0.1, -0.05) is 18.2 Å². The Labute approximate surface area is 176 Å². The monoisotopic (exact) mass is 417 g/mol. The van der Waals surface area contributed by atoms with E-state index in [0.29, 0.717) is 12.1 Å². The quantitative estimate of drug-likeness (QED) is 0.709. The minimum absolute atomic E-state index is 0.00230. The van der Waals surface area contributed by atoms with Crippen LogP contribution in [0.5, 0.6) is 5.75 Å². The smallest absolute Gasteiger partial charge is 0.318 e. The van der Waals surface area contributed by atoms with Gasteiger partial charge in [-0.15, -0.1) is 0 Å². The van der Waals surface area contributed by atoms with Crippen LogP contribution < -0.4 is 15.4 Å². The standard InChI is InChI=1S/C23H29F2N3O2/c1-16(2)30-21-7-3-17(4-8-21)14-27-23(29)28(20-9-11-26-12-10-20)15-18-5-6-19(24)13-22(18)25/h3-8,13,16,20,26H,9-12,14-15H2,1-2H3,(H,27,29). The second-order valence-electron chi connectivity index (χ2n) is 7.81. The molecule has 30 heavy (non-hydrogen) atoms. The van der Waals surface area contributed by atoms with E-state index in [9.17, 15) is 13.6 Å². The normalized spacial score (nSPS) is 14.6. The maximum atomic E-state index is 14.2. The van der Waals surface area contributed by atoms with Crippen molar-refractivity contribution in [2.24, 2.45) is 0 Å². The lowest BCUT2D eigenvalue weighted by atomic mass is 10.0. The van der Waals surface area contributed by atoms with Crippen LogP contribution in [0, 0.1) is 11.6 Å². The third-order valence-corrected chi connectivity index (χ3v) is 5.10. The molecule has 3 rings (SSSR count). The zero-order chi connectivity index (χ0) is 21.5. The molecule has 0 atom stereocenters. The molecule has 1 saturated heterocycles. The minimum Gasteiger partial charge on any atom is -0.491 e. The molecule has 0 bridgehead atoms. The van der Waals surface area contributed by atoms with E-state index < -0.39 is 11.6 Å². The maximum absolute atomic E-state index is 14.2. The Morgan fingerprint density at radius 2 is 1.87 bits per heavy atom. The van der Waals surface area contributed by atoms with E-state index in [2.05, 4.69) is 10.6 Å². The molecule has 0 spiro atoms. The summed E-state index contributed by atoms with van der Waals surface area (Å²) in [4.78, 5) is 14.6.